The molecule has 0 saturated carbocycles. The first-order chi connectivity index (χ1) is 17.7. The van der Waals surface area contributed by atoms with E-state index in [1.54, 1.807) is 12.1 Å². The van der Waals surface area contributed by atoms with E-state index in [1.807, 2.05) is 24.4 Å². The predicted octanol–water partition coefficient (Wildman–Crippen LogP) is 3.84. The Labute approximate surface area is 213 Å². The Morgan fingerprint density at radius 2 is 1.94 bits per heavy atom. The third-order valence-corrected chi connectivity index (χ3v) is 7.96. The molecule has 2 atom stereocenters. The van der Waals surface area contributed by atoms with Gasteiger partial charge >= 0.3 is 0 Å². The second-order valence-corrected chi connectivity index (χ2v) is 10.4. The number of amidine groups is 1. The third kappa shape index (κ3) is 4.70. The average molecular weight is 487 g/mol. The maximum atomic E-state index is 14.7. The van der Waals surface area contributed by atoms with Gasteiger partial charge < -0.3 is 14.7 Å². The monoisotopic (exact) mass is 486 g/mol. The topological polar surface area (TPSA) is 38.2 Å². The van der Waals surface area contributed by atoms with Gasteiger partial charge in [-0.25, -0.2) is 4.39 Å². The molecular formula is C29H35FN6. The zero-order valence-electron chi connectivity index (χ0n) is 21.1. The summed E-state index contributed by atoms with van der Waals surface area (Å²) in [5.41, 5.74) is 3.22. The highest BCUT2D eigenvalue weighted by Crippen LogP contribution is 2.35. The number of allylic oxidation sites excluding steroid dienone is 2. The van der Waals surface area contributed by atoms with E-state index < -0.39 is 0 Å². The predicted molar refractivity (Wildman–Crippen MR) is 141 cm³/mol. The molecule has 188 valence electrons. The number of aliphatic imine (C=N–C) groups is 1. The quantitative estimate of drug-likeness (QED) is 0.620. The number of pyridine rings is 1. The van der Waals surface area contributed by atoms with Crippen LogP contribution in [0.5, 0.6) is 0 Å². The Balaban J connectivity index is 1.24. The van der Waals surface area contributed by atoms with Crippen LogP contribution in [0, 0.1) is 5.82 Å². The zero-order chi connectivity index (χ0) is 24.5. The van der Waals surface area contributed by atoms with Gasteiger partial charge in [0.05, 0.1) is 17.8 Å². The second kappa shape index (κ2) is 10.1. The lowest BCUT2D eigenvalue weighted by molar-refractivity contribution is 0.143. The number of rotatable bonds is 6. The summed E-state index contributed by atoms with van der Waals surface area (Å²) in [5, 5.41) is 0. The minimum atomic E-state index is -0.141. The standard InChI is InChI=1S/C29H35FN6/c1-33-15-17-34(18-16-33)28-13-5-12-27-32-24(21-36(27)28)20-35(19-23-7-2-3-10-25(23)30)26-11-4-8-22-9-6-14-31-29(22)26/h2-3,5-7,9-10,12-14,24,26H,4,8,11,15-21H2,1H3/t24?,26-/m0/s1. The maximum Gasteiger partial charge on any atom is 0.129 e. The van der Waals surface area contributed by atoms with E-state index in [2.05, 4.69) is 50.9 Å². The van der Waals surface area contributed by atoms with Crippen molar-refractivity contribution in [3.63, 3.8) is 0 Å². The van der Waals surface area contributed by atoms with E-state index in [-0.39, 0.29) is 17.9 Å². The summed E-state index contributed by atoms with van der Waals surface area (Å²) in [6, 6.07) is 11.7. The molecule has 0 radical (unpaired) electrons. The van der Waals surface area contributed by atoms with Crippen LogP contribution in [0.25, 0.3) is 0 Å². The van der Waals surface area contributed by atoms with Crippen LogP contribution in [0.1, 0.15) is 35.7 Å². The van der Waals surface area contributed by atoms with Gasteiger partial charge in [-0.1, -0.05) is 30.3 Å². The number of piperazine rings is 1. The molecule has 3 aliphatic heterocycles. The molecular weight excluding hydrogens is 451 g/mol. The lowest BCUT2D eigenvalue weighted by Crippen LogP contribution is -2.48. The molecule has 7 heteroatoms. The molecule has 0 amide bonds. The van der Waals surface area contributed by atoms with Crippen LogP contribution in [0.2, 0.25) is 0 Å². The zero-order valence-corrected chi connectivity index (χ0v) is 21.1. The number of likely N-dealkylation sites (N-methyl/N-ethyl adjacent to an activating group) is 1. The number of hydrogen-bond donors (Lipinski definition) is 0. The van der Waals surface area contributed by atoms with Gasteiger partial charge in [-0.15, -0.1) is 0 Å². The van der Waals surface area contributed by atoms with Crippen LogP contribution >= 0.6 is 0 Å². The Kier molecular flexibility index (Phi) is 6.59. The molecule has 4 heterocycles. The number of aromatic nitrogens is 1. The van der Waals surface area contributed by atoms with Crippen LogP contribution < -0.4 is 0 Å². The van der Waals surface area contributed by atoms with Crippen LogP contribution in [0.4, 0.5) is 4.39 Å². The SMILES string of the molecule is CN1CCN(C2=CC=CC3=NC(CN(Cc4ccccc4F)[C@H]4CCCc5cccnc54)CN23)CC1. The number of fused-ring (bicyclic) bond motifs is 2. The number of hydrogen-bond acceptors (Lipinski definition) is 6. The van der Waals surface area contributed by atoms with Crippen LogP contribution in [-0.2, 0) is 13.0 Å². The van der Waals surface area contributed by atoms with Gasteiger partial charge in [-0.05, 0) is 56.2 Å². The lowest BCUT2D eigenvalue weighted by atomic mass is 9.90. The molecule has 1 unspecified atom stereocenters. The van der Waals surface area contributed by atoms with E-state index in [0.717, 1.165) is 75.6 Å². The van der Waals surface area contributed by atoms with E-state index in [9.17, 15) is 4.39 Å². The van der Waals surface area contributed by atoms with Gasteiger partial charge in [0.25, 0.3) is 0 Å². The molecule has 1 aromatic carbocycles. The van der Waals surface area contributed by atoms with Gasteiger partial charge in [0.2, 0.25) is 0 Å². The number of aryl methyl sites for hydroxylation is 1. The fourth-order valence-corrected chi connectivity index (χ4v) is 6.02. The van der Waals surface area contributed by atoms with Gasteiger partial charge in [0.15, 0.2) is 0 Å². The molecule has 6 nitrogen and oxygen atoms in total. The van der Waals surface area contributed by atoms with Gasteiger partial charge in [-0.2, -0.15) is 0 Å². The number of halogens is 1. The Bertz CT molecular complexity index is 1180. The van der Waals surface area contributed by atoms with Gasteiger partial charge in [-0.3, -0.25) is 14.9 Å². The largest absolute Gasteiger partial charge is 0.355 e. The Morgan fingerprint density at radius 1 is 1.08 bits per heavy atom. The fourth-order valence-electron chi connectivity index (χ4n) is 6.02. The highest BCUT2D eigenvalue weighted by atomic mass is 19.1. The van der Waals surface area contributed by atoms with Gasteiger partial charge in [0, 0.05) is 57.6 Å². The molecule has 0 spiro atoms. The summed E-state index contributed by atoms with van der Waals surface area (Å²) < 4.78 is 14.7. The first-order valence-electron chi connectivity index (χ1n) is 13.2. The molecule has 0 bridgehead atoms. The molecule has 6 rings (SSSR count). The first-order valence-corrected chi connectivity index (χ1v) is 13.2. The number of nitrogens with zero attached hydrogens (tertiary/aromatic N) is 6. The van der Waals surface area contributed by atoms with Crippen molar-refractivity contribution in [2.45, 2.75) is 37.9 Å². The van der Waals surface area contributed by atoms with E-state index in [1.165, 1.54) is 11.4 Å². The van der Waals surface area contributed by atoms with Crippen molar-refractivity contribution in [1.29, 1.82) is 0 Å². The normalized spacial score (nSPS) is 24.0. The van der Waals surface area contributed by atoms with Crippen LogP contribution in [0.3, 0.4) is 0 Å². The summed E-state index contributed by atoms with van der Waals surface area (Å²) in [6.07, 6.45) is 11.6. The molecule has 36 heavy (non-hydrogen) atoms. The first kappa shape index (κ1) is 23.4. The van der Waals surface area contributed by atoms with Gasteiger partial charge in [0.1, 0.15) is 17.5 Å². The summed E-state index contributed by atoms with van der Waals surface area (Å²) in [7, 11) is 2.19. The van der Waals surface area contributed by atoms with Crippen molar-refractivity contribution in [3.05, 3.63) is 89.3 Å². The third-order valence-electron chi connectivity index (χ3n) is 7.96. The molecule has 2 aromatic rings. The molecule has 1 aliphatic carbocycles. The summed E-state index contributed by atoms with van der Waals surface area (Å²) in [6.45, 7) is 6.42. The highest BCUT2D eigenvalue weighted by molar-refractivity contribution is 5.96. The van der Waals surface area contributed by atoms with Crippen molar-refractivity contribution < 1.29 is 4.39 Å². The highest BCUT2D eigenvalue weighted by Gasteiger charge is 2.35. The Hall–Kier alpha value is -3.03. The van der Waals surface area contributed by atoms with E-state index in [4.69, 9.17) is 9.98 Å². The van der Waals surface area contributed by atoms with Crippen LogP contribution in [0.15, 0.2) is 71.6 Å². The van der Waals surface area contributed by atoms with Crippen molar-refractivity contribution in [1.82, 2.24) is 24.6 Å². The van der Waals surface area contributed by atoms with E-state index in [0.29, 0.717) is 6.54 Å². The molecule has 0 N–H and O–H groups in total. The fraction of sp³-hybridized carbons (Fsp3) is 0.448. The average Bonchev–Trinajstić information content (AvgIpc) is 3.32. The minimum absolute atomic E-state index is 0.125. The molecule has 1 fully saturated rings. The van der Waals surface area contributed by atoms with Crippen molar-refractivity contribution in [2.24, 2.45) is 4.99 Å². The minimum Gasteiger partial charge on any atom is -0.355 e. The van der Waals surface area contributed by atoms with Crippen molar-refractivity contribution in [3.8, 4) is 0 Å². The van der Waals surface area contributed by atoms with Crippen molar-refractivity contribution >= 4 is 5.84 Å². The lowest BCUT2D eigenvalue weighted by Gasteiger charge is -2.40. The smallest absolute Gasteiger partial charge is 0.129 e. The van der Waals surface area contributed by atoms with E-state index >= 15 is 0 Å². The molecule has 4 aliphatic rings. The molecule has 1 aromatic heterocycles. The Morgan fingerprint density at radius 3 is 2.81 bits per heavy atom. The van der Waals surface area contributed by atoms with Crippen molar-refractivity contribution in [2.75, 3.05) is 46.3 Å². The summed E-state index contributed by atoms with van der Waals surface area (Å²) >= 11 is 0. The second-order valence-electron chi connectivity index (χ2n) is 10.4. The van der Waals surface area contributed by atoms with Crippen LogP contribution in [-0.4, -0.2) is 82.8 Å². The number of benzene rings is 1. The maximum absolute atomic E-state index is 14.7. The summed E-state index contributed by atoms with van der Waals surface area (Å²) in [5.74, 6) is 2.17. The summed E-state index contributed by atoms with van der Waals surface area (Å²) in [4.78, 5) is 19.6. The molecule has 1 saturated heterocycles.